The van der Waals surface area contributed by atoms with Crippen molar-refractivity contribution in [1.82, 2.24) is 9.88 Å². The molecule has 0 atom stereocenters. The number of nitrogens with zero attached hydrogens (tertiary/aromatic N) is 4. The fraction of sp³-hybridized carbons (Fsp3) is 0.429. The highest BCUT2D eigenvalue weighted by Gasteiger charge is 2.32. The van der Waals surface area contributed by atoms with Gasteiger partial charge in [-0.15, -0.1) is 0 Å². The van der Waals surface area contributed by atoms with Crippen LogP contribution < -0.4 is 10.2 Å². The van der Waals surface area contributed by atoms with Crippen molar-refractivity contribution < 1.29 is 27.2 Å². The van der Waals surface area contributed by atoms with Crippen LogP contribution in [0.4, 0.5) is 34.8 Å². The van der Waals surface area contributed by atoms with E-state index in [1.54, 1.807) is 6.07 Å². The summed E-state index contributed by atoms with van der Waals surface area (Å²) in [7, 11) is 0. The Kier molecular flexibility index (Phi) is 8.55. The van der Waals surface area contributed by atoms with Crippen LogP contribution in [0.2, 0.25) is 0 Å². The minimum absolute atomic E-state index is 0.0797. The number of benzene rings is 2. The first-order valence-electron chi connectivity index (χ1n) is 13.4. The van der Waals surface area contributed by atoms with Gasteiger partial charge in [0.1, 0.15) is 22.3 Å². The summed E-state index contributed by atoms with van der Waals surface area (Å²) >= 11 is 5.62. The van der Waals surface area contributed by atoms with Crippen molar-refractivity contribution in [3.63, 3.8) is 0 Å². The zero-order valence-corrected chi connectivity index (χ0v) is 23.2. The maximum Gasteiger partial charge on any atom is 0.313 e. The number of thiocarbonyl (C=S) groups is 1. The molecule has 0 spiro atoms. The van der Waals surface area contributed by atoms with E-state index in [-0.39, 0.29) is 24.6 Å². The SMILES string of the molecule is Cc1c(F)c(NC2CCC(OCC(=S)N3CCN(c4ccc5cc(F)ccc5n4)CC3)CC2)c(F)c(F)c1[N+](=O)[O-]. The molecule has 218 valence electrons. The molecule has 1 N–H and O–H groups in total. The van der Waals surface area contributed by atoms with Crippen LogP contribution in [0.5, 0.6) is 0 Å². The molecule has 3 aromatic rings. The van der Waals surface area contributed by atoms with E-state index >= 15 is 0 Å². The minimum Gasteiger partial charge on any atom is -0.377 e. The predicted octanol–water partition coefficient (Wildman–Crippen LogP) is 5.90. The Balaban J connectivity index is 1.07. The molecule has 2 aromatic carbocycles. The van der Waals surface area contributed by atoms with E-state index < -0.39 is 39.3 Å². The second-order valence-electron chi connectivity index (χ2n) is 10.4. The number of aromatic nitrogens is 1. The normalized spacial score (nSPS) is 19.4. The van der Waals surface area contributed by atoms with Gasteiger partial charge in [-0.3, -0.25) is 10.1 Å². The molecule has 0 bridgehead atoms. The topological polar surface area (TPSA) is 83.8 Å². The third kappa shape index (κ3) is 6.20. The second-order valence-corrected chi connectivity index (χ2v) is 10.8. The van der Waals surface area contributed by atoms with E-state index in [4.69, 9.17) is 17.0 Å². The maximum atomic E-state index is 14.6. The minimum atomic E-state index is -1.67. The number of nitrogens with one attached hydrogen (secondary N) is 1. The highest BCUT2D eigenvalue weighted by molar-refractivity contribution is 7.80. The Bertz CT molecular complexity index is 1450. The summed E-state index contributed by atoms with van der Waals surface area (Å²) in [5.41, 5.74) is -1.68. The van der Waals surface area contributed by atoms with Gasteiger partial charge >= 0.3 is 5.69 Å². The average Bonchev–Trinajstić information content (AvgIpc) is 2.97. The summed E-state index contributed by atoms with van der Waals surface area (Å²) in [5.74, 6) is -3.88. The van der Waals surface area contributed by atoms with Crippen molar-refractivity contribution in [2.45, 2.75) is 44.8 Å². The average molecular weight is 592 g/mol. The third-order valence-corrected chi connectivity index (χ3v) is 8.14. The van der Waals surface area contributed by atoms with Crippen LogP contribution in [0.1, 0.15) is 31.2 Å². The van der Waals surface area contributed by atoms with E-state index in [2.05, 4.69) is 20.1 Å². The molecule has 1 saturated carbocycles. The number of hydrogen-bond donors (Lipinski definition) is 1. The zero-order valence-electron chi connectivity index (χ0n) is 22.3. The van der Waals surface area contributed by atoms with Crippen molar-refractivity contribution in [3.8, 4) is 0 Å². The van der Waals surface area contributed by atoms with E-state index in [1.165, 1.54) is 12.1 Å². The molecular formula is C28H29F4N5O3S. The van der Waals surface area contributed by atoms with Crippen LogP contribution in [0.15, 0.2) is 30.3 Å². The van der Waals surface area contributed by atoms with Crippen molar-refractivity contribution in [2.75, 3.05) is 43.0 Å². The Morgan fingerprint density at radius 1 is 1.05 bits per heavy atom. The second kappa shape index (κ2) is 12.1. The number of nitro groups is 1. The molecule has 0 unspecified atom stereocenters. The fourth-order valence-corrected chi connectivity index (χ4v) is 5.67. The Morgan fingerprint density at radius 2 is 1.76 bits per heavy atom. The molecule has 2 aliphatic rings. The molecule has 41 heavy (non-hydrogen) atoms. The number of rotatable bonds is 7. The van der Waals surface area contributed by atoms with Gasteiger partial charge < -0.3 is 19.9 Å². The number of hydrogen-bond acceptors (Lipinski definition) is 7. The van der Waals surface area contributed by atoms with E-state index in [9.17, 15) is 27.7 Å². The molecular weight excluding hydrogens is 562 g/mol. The van der Waals surface area contributed by atoms with Crippen LogP contribution in [0.25, 0.3) is 10.9 Å². The Labute approximate surface area is 239 Å². The van der Waals surface area contributed by atoms with Crippen molar-refractivity contribution in [1.29, 1.82) is 0 Å². The highest BCUT2D eigenvalue weighted by Crippen LogP contribution is 2.35. The van der Waals surface area contributed by atoms with Gasteiger partial charge in [-0.25, -0.2) is 18.2 Å². The Morgan fingerprint density at radius 3 is 2.44 bits per heavy atom. The third-order valence-electron chi connectivity index (χ3n) is 7.76. The fourth-order valence-electron chi connectivity index (χ4n) is 5.42. The molecule has 2 fully saturated rings. The monoisotopic (exact) mass is 591 g/mol. The van der Waals surface area contributed by atoms with Crippen LogP contribution >= 0.6 is 12.2 Å². The summed E-state index contributed by atoms with van der Waals surface area (Å²) in [6, 6.07) is 7.97. The zero-order chi connectivity index (χ0) is 29.3. The van der Waals surface area contributed by atoms with Crippen LogP contribution in [0.3, 0.4) is 0 Å². The quantitative estimate of drug-likeness (QED) is 0.120. The predicted molar refractivity (Wildman–Crippen MR) is 151 cm³/mol. The number of pyridine rings is 1. The van der Waals surface area contributed by atoms with Gasteiger partial charge in [0.2, 0.25) is 5.82 Å². The number of anilines is 2. The van der Waals surface area contributed by atoms with Gasteiger partial charge in [-0.1, -0.05) is 12.2 Å². The lowest BCUT2D eigenvalue weighted by Crippen LogP contribution is -2.49. The summed E-state index contributed by atoms with van der Waals surface area (Å²) in [6.45, 7) is 4.22. The Hall–Kier alpha value is -3.58. The molecule has 1 aromatic heterocycles. The maximum absolute atomic E-state index is 14.6. The standard InChI is InChI=1S/C28H29F4N5O3S/c1-16-24(30)27(25(31)26(32)28(16)37(38)39)33-19-4-6-20(7-5-19)40-15-23(41)36-12-10-35(11-13-36)22-9-2-17-14-18(29)3-8-21(17)34-22/h2-3,8-9,14,19-20,33H,4-7,10-13,15H2,1H3. The number of halogens is 4. The lowest BCUT2D eigenvalue weighted by molar-refractivity contribution is -0.388. The first-order valence-corrected chi connectivity index (χ1v) is 13.8. The molecule has 2 heterocycles. The van der Waals surface area contributed by atoms with Crippen LogP contribution in [-0.4, -0.2) is 64.7 Å². The van der Waals surface area contributed by atoms with Crippen LogP contribution in [0, 0.1) is 40.3 Å². The first-order chi connectivity index (χ1) is 19.6. The van der Waals surface area contributed by atoms with Gasteiger partial charge in [0.25, 0.3) is 0 Å². The molecule has 8 nitrogen and oxygen atoms in total. The van der Waals surface area contributed by atoms with Crippen LogP contribution in [-0.2, 0) is 4.74 Å². The lowest BCUT2D eigenvalue weighted by atomic mass is 9.92. The summed E-state index contributed by atoms with van der Waals surface area (Å²) in [5, 5.41) is 14.4. The largest absolute Gasteiger partial charge is 0.377 e. The number of nitro benzene ring substituents is 1. The molecule has 13 heteroatoms. The number of ether oxygens (including phenoxy) is 1. The van der Waals surface area contributed by atoms with Crippen molar-refractivity contribution in [2.24, 2.45) is 0 Å². The van der Waals surface area contributed by atoms with Gasteiger partial charge in [0.05, 0.1) is 28.7 Å². The van der Waals surface area contributed by atoms with Gasteiger partial charge in [0.15, 0.2) is 11.6 Å². The van der Waals surface area contributed by atoms with Crippen molar-refractivity contribution in [3.05, 3.63) is 69.3 Å². The molecule has 0 radical (unpaired) electrons. The van der Waals surface area contributed by atoms with Gasteiger partial charge in [0, 0.05) is 37.6 Å². The van der Waals surface area contributed by atoms with E-state index in [1.807, 2.05) is 12.1 Å². The molecule has 5 rings (SSSR count). The van der Waals surface area contributed by atoms with Gasteiger partial charge in [-0.2, -0.15) is 4.39 Å². The first kappa shape index (κ1) is 28.9. The van der Waals surface area contributed by atoms with Gasteiger partial charge in [-0.05, 0) is 62.9 Å². The molecule has 1 aliphatic carbocycles. The molecule has 1 aliphatic heterocycles. The van der Waals surface area contributed by atoms with E-state index in [0.717, 1.165) is 36.7 Å². The summed E-state index contributed by atoms with van der Waals surface area (Å²) < 4.78 is 62.8. The highest BCUT2D eigenvalue weighted by atomic mass is 32.1. The van der Waals surface area contributed by atoms with Crippen molar-refractivity contribution >= 4 is 45.3 Å². The molecule has 0 amide bonds. The van der Waals surface area contributed by atoms with E-state index in [0.29, 0.717) is 43.8 Å². The number of piperazine rings is 1. The summed E-state index contributed by atoms with van der Waals surface area (Å²) in [4.78, 5) is 19.5. The molecule has 1 saturated heterocycles. The smallest absolute Gasteiger partial charge is 0.313 e. The lowest BCUT2D eigenvalue weighted by Gasteiger charge is -2.37. The number of fused-ring (bicyclic) bond motifs is 1. The summed E-state index contributed by atoms with van der Waals surface area (Å²) in [6.07, 6.45) is 2.20.